The van der Waals surface area contributed by atoms with Gasteiger partial charge in [-0.05, 0) is 49.8 Å². The summed E-state index contributed by atoms with van der Waals surface area (Å²) in [7, 11) is -3.16. The molecule has 2 aromatic rings. The number of sulfonamides is 1. The van der Waals surface area contributed by atoms with Gasteiger partial charge in [0.25, 0.3) is 5.91 Å². The molecule has 3 N–H and O–H groups in total. The summed E-state index contributed by atoms with van der Waals surface area (Å²) in [6.07, 6.45) is 9.20. The largest absolute Gasteiger partial charge is 0.494 e. The topological polar surface area (TPSA) is 105 Å². The molecule has 2 heterocycles. The van der Waals surface area contributed by atoms with Gasteiger partial charge in [-0.25, -0.2) is 12.7 Å². The van der Waals surface area contributed by atoms with E-state index in [0.717, 1.165) is 42.1 Å². The number of hydrogen-bond acceptors (Lipinski definition) is 4. The van der Waals surface area contributed by atoms with Crippen molar-refractivity contribution in [1.29, 1.82) is 0 Å². The van der Waals surface area contributed by atoms with Gasteiger partial charge in [0.2, 0.25) is 10.0 Å². The maximum absolute atomic E-state index is 12.2. The van der Waals surface area contributed by atoms with Crippen LogP contribution in [0.1, 0.15) is 80.6 Å². The Balaban J connectivity index is 1.77. The molecule has 0 radical (unpaired) electrons. The number of unbranched alkanes of at least 4 members (excludes halogenated alkanes) is 4. The van der Waals surface area contributed by atoms with Crippen LogP contribution in [0.5, 0.6) is 5.75 Å². The Hall–Kier alpha value is -2.06. The minimum Gasteiger partial charge on any atom is -0.494 e. The van der Waals surface area contributed by atoms with Crippen molar-refractivity contribution in [3.05, 3.63) is 29.5 Å². The van der Waals surface area contributed by atoms with Gasteiger partial charge in [-0.15, -0.1) is 0 Å². The number of nitrogens with one attached hydrogen (secondary N) is 1. The number of aromatic nitrogens is 1. The molecule has 0 atom stereocenters. The zero-order valence-corrected chi connectivity index (χ0v) is 19.5. The van der Waals surface area contributed by atoms with E-state index in [-0.39, 0.29) is 11.7 Å². The second-order valence-electron chi connectivity index (χ2n) is 8.34. The number of carbonyl (C=O) groups is 1. The van der Waals surface area contributed by atoms with Crippen molar-refractivity contribution in [1.82, 2.24) is 9.29 Å². The number of benzene rings is 1. The molecule has 3 rings (SSSR count). The molecule has 1 aromatic heterocycles. The van der Waals surface area contributed by atoms with E-state index in [0.29, 0.717) is 31.0 Å². The van der Waals surface area contributed by atoms with Crippen LogP contribution in [0.3, 0.4) is 0 Å². The van der Waals surface area contributed by atoms with Gasteiger partial charge in [0, 0.05) is 24.7 Å². The van der Waals surface area contributed by atoms with Crippen LogP contribution in [0.2, 0.25) is 0 Å². The first-order valence-electron chi connectivity index (χ1n) is 11.4. The van der Waals surface area contributed by atoms with E-state index in [1.807, 2.05) is 12.3 Å². The average molecular weight is 450 g/mol. The number of amides is 1. The van der Waals surface area contributed by atoms with Crippen LogP contribution in [-0.4, -0.2) is 49.1 Å². The molecule has 1 fully saturated rings. The van der Waals surface area contributed by atoms with Gasteiger partial charge in [-0.2, -0.15) is 0 Å². The summed E-state index contributed by atoms with van der Waals surface area (Å²) in [6, 6.07) is 3.70. The molecule has 1 amide bonds. The van der Waals surface area contributed by atoms with Gasteiger partial charge in [-0.3, -0.25) is 4.79 Å². The third-order valence-electron chi connectivity index (χ3n) is 6.23. The molecular formula is C23H35N3O4S. The lowest BCUT2D eigenvalue weighted by Crippen LogP contribution is -2.38. The summed E-state index contributed by atoms with van der Waals surface area (Å²) in [5, 5.41) is 0.939. The first-order valence-corrected chi connectivity index (χ1v) is 13.0. The third-order valence-corrected chi connectivity index (χ3v) is 8.11. The lowest BCUT2D eigenvalue weighted by atomic mass is 9.89. The van der Waals surface area contributed by atoms with Crippen LogP contribution >= 0.6 is 0 Å². The molecule has 7 nitrogen and oxygen atoms in total. The Bertz CT molecular complexity index is 992. The zero-order valence-electron chi connectivity index (χ0n) is 18.7. The Morgan fingerprint density at radius 2 is 1.87 bits per heavy atom. The molecule has 1 aliphatic heterocycles. The standard InChI is InChI=1S/C23H35N3O4S/c1-3-5-6-7-8-13-30-18-14-19-21(16-25-22(19)20(15-18)23(24)27)17-9-11-26(12-10-17)31(28,29)4-2/h14-17,25H,3-13H2,1-2H3,(H2,24,27). The molecule has 1 aromatic carbocycles. The number of carbonyl (C=O) groups excluding carboxylic acids is 1. The molecule has 0 saturated carbocycles. The summed E-state index contributed by atoms with van der Waals surface area (Å²) in [5.74, 6) is 0.521. The van der Waals surface area contributed by atoms with Crippen molar-refractivity contribution in [2.24, 2.45) is 5.73 Å². The number of nitrogens with two attached hydrogens (primary N) is 1. The molecule has 0 aliphatic carbocycles. The highest BCUT2D eigenvalue weighted by molar-refractivity contribution is 7.89. The number of primary amides is 1. The first kappa shape index (κ1) is 23.6. The molecule has 0 spiro atoms. The maximum atomic E-state index is 12.2. The van der Waals surface area contributed by atoms with Crippen LogP contribution in [0, 0.1) is 0 Å². The van der Waals surface area contributed by atoms with Crippen molar-refractivity contribution in [2.75, 3.05) is 25.4 Å². The predicted octanol–water partition coefficient (Wildman–Crippen LogP) is 4.15. The summed E-state index contributed by atoms with van der Waals surface area (Å²) in [4.78, 5) is 15.3. The zero-order chi connectivity index (χ0) is 22.4. The molecule has 0 bridgehead atoms. The van der Waals surface area contributed by atoms with E-state index in [9.17, 15) is 13.2 Å². The first-order chi connectivity index (χ1) is 14.9. The highest BCUT2D eigenvalue weighted by Crippen LogP contribution is 2.36. The minimum absolute atomic E-state index is 0.131. The Morgan fingerprint density at radius 3 is 2.52 bits per heavy atom. The van der Waals surface area contributed by atoms with E-state index >= 15 is 0 Å². The predicted molar refractivity (Wildman–Crippen MR) is 124 cm³/mol. The molecule has 8 heteroatoms. The molecule has 1 aliphatic rings. The highest BCUT2D eigenvalue weighted by atomic mass is 32.2. The molecule has 1 saturated heterocycles. The number of rotatable bonds is 11. The van der Waals surface area contributed by atoms with Gasteiger partial charge >= 0.3 is 0 Å². The Morgan fingerprint density at radius 1 is 1.16 bits per heavy atom. The Kier molecular flexibility index (Phi) is 8.00. The lowest BCUT2D eigenvalue weighted by molar-refractivity contribution is 0.100. The fourth-order valence-corrected chi connectivity index (χ4v) is 5.50. The summed E-state index contributed by atoms with van der Waals surface area (Å²) >= 11 is 0. The summed E-state index contributed by atoms with van der Waals surface area (Å²) in [5.41, 5.74) is 7.89. The van der Waals surface area contributed by atoms with Crippen molar-refractivity contribution in [3.8, 4) is 5.75 Å². The van der Waals surface area contributed by atoms with Crippen LogP contribution in [0.4, 0.5) is 0 Å². The SMILES string of the molecule is CCCCCCCOc1cc(C(N)=O)c2[nH]cc(C3CCN(S(=O)(=O)CC)CC3)c2c1. The number of aromatic amines is 1. The number of H-pyrrole nitrogens is 1. The van der Waals surface area contributed by atoms with E-state index < -0.39 is 15.9 Å². The normalized spacial score (nSPS) is 16.1. The van der Waals surface area contributed by atoms with E-state index in [2.05, 4.69) is 11.9 Å². The van der Waals surface area contributed by atoms with Gasteiger partial charge in [0.15, 0.2) is 0 Å². The number of piperidine rings is 1. The minimum atomic E-state index is -3.16. The fraction of sp³-hybridized carbons (Fsp3) is 0.609. The van der Waals surface area contributed by atoms with Crippen molar-refractivity contribution in [3.63, 3.8) is 0 Å². The maximum Gasteiger partial charge on any atom is 0.250 e. The number of nitrogens with zero attached hydrogens (tertiary/aromatic N) is 1. The van der Waals surface area contributed by atoms with Crippen LogP contribution in [0.25, 0.3) is 10.9 Å². The fourth-order valence-electron chi connectivity index (χ4n) is 4.37. The quantitative estimate of drug-likeness (QED) is 0.503. The lowest BCUT2D eigenvalue weighted by Gasteiger charge is -2.30. The van der Waals surface area contributed by atoms with E-state index in [4.69, 9.17) is 10.5 Å². The van der Waals surface area contributed by atoms with Gasteiger partial charge in [0.1, 0.15) is 5.75 Å². The van der Waals surface area contributed by atoms with Crippen LogP contribution < -0.4 is 10.5 Å². The van der Waals surface area contributed by atoms with Crippen LogP contribution in [0.15, 0.2) is 18.3 Å². The molecule has 0 unspecified atom stereocenters. The summed E-state index contributed by atoms with van der Waals surface area (Å²) in [6.45, 7) is 5.52. The van der Waals surface area contributed by atoms with Crippen molar-refractivity contribution < 1.29 is 17.9 Å². The van der Waals surface area contributed by atoms with Gasteiger partial charge in [-0.1, -0.05) is 32.6 Å². The van der Waals surface area contributed by atoms with E-state index in [1.165, 1.54) is 19.3 Å². The Labute approximate surface area is 185 Å². The summed E-state index contributed by atoms with van der Waals surface area (Å²) < 4.78 is 31.9. The smallest absolute Gasteiger partial charge is 0.250 e. The molecular weight excluding hydrogens is 414 g/mol. The van der Waals surface area contributed by atoms with E-state index in [1.54, 1.807) is 17.3 Å². The van der Waals surface area contributed by atoms with Crippen molar-refractivity contribution in [2.45, 2.75) is 64.7 Å². The molecule has 31 heavy (non-hydrogen) atoms. The molecule has 172 valence electrons. The number of hydrogen-bond donors (Lipinski definition) is 2. The second-order valence-corrected chi connectivity index (χ2v) is 10.6. The van der Waals surface area contributed by atoms with Gasteiger partial charge < -0.3 is 15.5 Å². The highest BCUT2D eigenvalue weighted by Gasteiger charge is 2.29. The monoisotopic (exact) mass is 449 g/mol. The number of fused-ring (bicyclic) bond motifs is 1. The van der Waals surface area contributed by atoms with Crippen LogP contribution in [-0.2, 0) is 10.0 Å². The number of ether oxygens (including phenoxy) is 1. The average Bonchev–Trinajstić information content (AvgIpc) is 3.19. The second kappa shape index (κ2) is 10.5. The van der Waals surface area contributed by atoms with Crippen molar-refractivity contribution >= 4 is 26.8 Å². The van der Waals surface area contributed by atoms with Gasteiger partial charge in [0.05, 0.1) is 23.4 Å². The third kappa shape index (κ3) is 5.60.